The van der Waals surface area contributed by atoms with Gasteiger partial charge < -0.3 is 14.8 Å². The molecule has 2 aromatic rings. The zero-order valence-corrected chi connectivity index (χ0v) is 16.3. The fraction of sp³-hybridized carbons (Fsp3) is 0.409. The maximum Gasteiger partial charge on any atom is 0.258 e. The van der Waals surface area contributed by atoms with Crippen LogP contribution in [-0.2, 0) is 4.79 Å². The van der Waals surface area contributed by atoms with Gasteiger partial charge in [-0.05, 0) is 55.5 Å². The lowest BCUT2D eigenvalue weighted by atomic mass is 10.0. The normalized spacial score (nSPS) is 11.9. The van der Waals surface area contributed by atoms with Crippen LogP contribution in [-0.4, -0.2) is 25.2 Å². The third-order valence-corrected chi connectivity index (χ3v) is 4.14. The van der Waals surface area contributed by atoms with Gasteiger partial charge >= 0.3 is 0 Å². The molecule has 1 atom stereocenters. The molecule has 0 saturated carbocycles. The summed E-state index contributed by atoms with van der Waals surface area (Å²) in [7, 11) is 0. The molecule has 4 nitrogen and oxygen atoms in total. The molecule has 0 unspecified atom stereocenters. The van der Waals surface area contributed by atoms with Gasteiger partial charge in [0, 0.05) is 0 Å². The van der Waals surface area contributed by atoms with Crippen molar-refractivity contribution in [2.75, 3.05) is 13.2 Å². The number of carbonyl (C=O) groups is 1. The van der Waals surface area contributed by atoms with Crippen molar-refractivity contribution < 1.29 is 14.3 Å². The fourth-order valence-corrected chi connectivity index (χ4v) is 2.68. The first kappa shape index (κ1) is 19.8. The molecule has 0 saturated heterocycles. The highest BCUT2D eigenvalue weighted by Crippen LogP contribution is 2.27. The number of benzene rings is 2. The Kier molecular flexibility index (Phi) is 7.07. The van der Waals surface area contributed by atoms with E-state index in [9.17, 15) is 4.79 Å². The Hall–Kier alpha value is -2.49. The number of amides is 1. The lowest BCUT2D eigenvalue weighted by Crippen LogP contribution is -2.39. The van der Waals surface area contributed by atoms with Gasteiger partial charge in [0.1, 0.15) is 18.1 Å². The molecule has 0 heterocycles. The molecule has 140 valence electrons. The van der Waals surface area contributed by atoms with E-state index in [-0.39, 0.29) is 18.6 Å². The van der Waals surface area contributed by atoms with Gasteiger partial charge in [-0.25, -0.2) is 0 Å². The molecule has 2 rings (SSSR count). The molecule has 0 bridgehead atoms. The number of aryl methyl sites for hydroxylation is 2. The van der Waals surface area contributed by atoms with E-state index in [0.717, 1.165) is 28.2 Å². The molecule has 0 radical (unpaired) electrons. The average Bonchev–Trinajstić information content (AvgIpc) is 2.59. The number of para-hydroxylation sites is 1. The van der Waals surface area contributed by atoms with Gasteiger partial charge in [0.25, 0.3) is 5.91 Å². The second-order valence-electron chi connectivity index (χ2n) is 7.03. The Labute approximate surface area is 156 Å². The Bertz CT molecular complexity index is 740. The lowest BCUT2D eigenvalue weighted by Gasteiger charge is -2.18. The molecular weight excluding hydrogens is 326 g/mol. The van der Waals surface area contributed by atoms with Crippen LogP contribution in [0.3, 0.4) is 0 Å². The number of ether oxygens (including phenoxy) is 2. The summed E-state index contributed by atoms with van der Waals surface area (Å²) < 4.78 is 11.5. The van der Waals surface area contributed by atoms with Crippen molar-refractivity contribution in [2.24, 2.45) is 0 Å². The zero-order valence-electron chi connectivity index (χ0n) is 16.3. The number of hydrogen-bond donors (Lipinski definition) is 1. The van der Waals surface area contributed by atoms with Gasteiger partial charge in [0.15, 0.2) is 6.61 Å². The number of rotatable bonds is 8. The van der Waals surface area contributed by atoms with Crippen LogP contribution >= 0.6 is 0 Å². The maximum absolute atomic E-state index is 12.2. The number of nitrogens with one attached hydrogen (secondary N) is 1. The first-order valence-electron chi connectivity index (χ1n) is 9.08. The molecule has 26 heavy (non-hydrogen) atoms. The highest BCUT2D eigenvalue weighted by molar-refractivity contribution is 5.77. The van der Waals surface area contributed by atoms with Crippen LogP contribution < -0.4 is 14.8 Å². The minimum atomic E-state index is -0.151. The lowest BCUT2D eigenvalue weighted by molar-refractivity contribution is -0.123. The quantitative estimate of drug-likeness (QED) is 0.764. The van der Waals surface area contributed by atoms with Crippen LogP contribution in [0.25, 0.3) is 0 Å². The molecule has 2 aromatic carbocycles. The van der Waals surface area contributed by atoms with E-state index in [1.54, 1.807) is 0 Å². The summed E-state index contributed by atoms with van der Waals surface area (Å²) in [5.41, 5.74) is 3.30. The smallest absolute Gasteiger partial charge is 0.258 e. The van der Waals surface area contributed by atoms with E-state index in [1.807, 2.05) is 51.1 Å². The molecule has 0 aromatic heterocycles. The van der Waals surface area contributed by atoms with Crippen molar-refractivity contribution >= 4 is 5.91 Å². The highest BCUT2D eigenvalue weighted by atomic mass is 16.5. The van der Waals surface area contributed by atoms with Crippen LogP contribution in [0.1, 0.15) is 43.4 Å². The molecule has 0 aliphatic rings. The van der Waals surface area contributed by atoms with Crippen LogP contribution in [0.2, 0.25) is 0 Å². The predicted octanol–water partition coefficient (Wildman–Crippen LogP) is 4.39. The van der Waals surface area contributed by atoms with Crippen LogP contribution in [0.15, 0.2) is 42.5 Å². The first-order chi connectivity index (χ1) is 12.4. The highest BCUT2D eigenvalue weighted by Gasteiger charge is 2.12. The third-order valence-electron chi connectivity index (χ3n) is 4.14. The van der Waals surface area contributed by atoms with Crippen LogP contribution in [0.4, 0.5) is 0 Å². The summed E-state index contributed by atoms with van der Waals surface area (Å²) >= 11 is 0. The van der Waals surface area contributed by atoms with Crippen molar-refractivity contribution in [3.05, 3.63) is 59.2 Å². The van der Waals surface area contributed by atoms with Crippen LogP contribution in [0, 0.1) is 13.8 Å². The summed E-state index contributed by atoms with van der Waals surface area (Å²) in [6.07, 6.45) is 0. The molecule has 0 aliphatic carbocycles. The van der Waals surface area contributed by atoms with E-state index in [2.05, 4.69) is 31.3 Å². The Morgan fingerprint density at radius 2 is 1.73 bits per heavy atom. The van der Waals surface area contributed by atoms with E-state index in [4.69, 9.17) is 9.47 Å². The molecule has 0 spiro atoms. The Balaban J connectivity index is 1.83. The molecule has 1 amide bonds. The SMILES string of the molecule is Cc1ccc(C(C)C)c(OCC(=O)N[C@H](C)COc2ccccc2C)c1. The fourth-order valence-electron chi connectivity index (χ4n) is 2.68. The van der Waals surface area contributed by atoms with Gasteiger partial charge in [0.2, 0.25) is 0 Å². The minimum Gasteiger partial charge on any atom is -0.491 e. The van der Waals surface area contributed by atoms with Crippen molar-refractivity contribution in [1.29, 1.82) is 0 Å². The molecule has 0 aliphatic heterocycles. The number of hydrogen-bond acceptors (Lipinski definition) is 3. The monoisotopic (exact) mass is 355 g/mol. The van der Waals surface area contributed by atoms with E-state index >= 15 is 0 Å². The van der Waals surface area contributed by atoms with E-state index in [0.29, 0.717) is 12.5 Å². The van der Waals surface area contributed by atoms with Gasteiger partial charge in [-0.15, -0.1) is 0 Å². The van der Waals surface area contributed by atoms with Crippen LogP contribution in [0.5, 0.6) is 11.5 Å². The molecule has 0 fully saturated rings. The summed E-state index contributed by atoms with van der Waals surface area (Å²) in [4.78, 5) is 12.2. The largest absolute Gasteiger partial charge is 0.491 e. The van der Waals surface area contributed by atoms with E-state index in [1.165, 1.54) is 0 Å². The van der Waals surface area contributed by atoms with Crippen molar-refractivity contribution in [3.63, 3.8) is 0 Å². The van der Waals surface area contributed by atoms with E-state index < -0.39 is 0 Å². The predicted molar refractivity (Wildman–Crippen MR) is 105 cm³/mol. The van der Waals surface area contributed by atoms with Gasteiger partial charge in [0.05, 0.1) is 6.04 Å². The maximum atomic E-state index is 12.2. The average molecular weight is 355 g/mol. The second kappa shape index (κ2) is 9.27. The van der Waals surface area contributed by atoms with Gasteiger partial charge in [-0.3, -0.25) is 4.79 Å². The van der Waals surface area contributed by atoms with Crippen molar-refractivity contribution in [1.82, 2.24) is 5.32 Å². The Morgan fingerprint density at radius 1 is 1.00 bits per heavy atom. The topological polar surface area (TPSA) is 47.6 Å². The summed E-state index contributed by atoms with van der Waals surface area (Å²) in [6, 6.07) is 13.8. The number of carbonyl (C=O) groups excluding carboxylic acids is 1. The summed E-state index contributed by atoms with van der Waals surface area (Å²) in [5, 5.41) is 2.91. The van der Waals surface area contributed by atoms with Crippen molar-refractivity contribution in [2.45, 2.75) is 46.6 Å². The van der Waals surface area contributed by atoms with Gasteiger partial charge in [-0.2, -0.15) is 0 Å². The first-order valence-corrected chi connectivity index (χ1v) is 9.08. The second-order valence-corrected chi connectivity index (χ2v) is 7.03. The molecular formula is C22H29NO3. The summed E-state index contributed by atoms with van der Waals surface area (Å²) in [6.45, 7) is 10.6. The summed E-state index contributed by atoms with van der Waals surface area (Å²) in [5.74, 6) is 1.81. The zero-order chi connectivity index (χ0) is 19.1. The van der Waals surface area contributed by atoms with Crippen molar-refractivity contribution in [3.8, 4) is 11.5 Å². The molecule has 1 N–H and O–H groups in total. The standard InChI is InChI=1S/C22H29NO3/c1-15(2)19-11-10-16(3)12-21(19)26-14-22(24)23-18(5)13-25-20-9-7-6-8-17(20)4/h6-12,15,18H,13-14H2,1-5H3,(H,23,24)/t18-/m1/s1. The van der Waals surface area contributed by atoms with Gasteiger partial charge in [-0.1, -0.05) is 44.2 Å². The third kappa shape index (κ3) is 5.80. The minimum absolute atomic E-state index is 0.00211. The molecule has 4 heteroatoms. The Morgan fingerprint density at radius 3 is 2.42 bits per heavy atom.